The van der Waals surface area contributed by atoms with E-state index in [4.69, 9.17) is 4.74 Å². The Kier molecular flexibility index (Phi) is 5.67. The van der Waals surface area contributed by atoms with Gasteiger partial charge in [0.25, 0.3) is 5.91 Å². The Morgan fingerprint density at radius 1 is 1.22 bits per heavy atom. The van der Waals surface area contributed by atoms with Gasteiger partial charge in [-0.2, -0.15) is 0 Å². The number of carbonyl (C=O) groups excluding carboxylic acids is 1. The minimum Gasteiger partial charge on any atom is -0.378 e. The van der Waals surface area contributed by atoms with Crippen LogP contribution in [0.25, 0.3) is 0 Å². The van der Waals surface area contributed by atoms with Crippen molar-refractivity contribution in [3.8, 4) is 0 Å². The van der Waals surface area contributed by atoms with E-state index in [1.807, 2.05) is 11.8 Å². The fraction of sp³-hybridized carbons (Fsp3) is 0.765. The van der Waals surface area contributed by atoms with Gasteiger partial charge >= 0.3 is 0 Å². The Morgan fingerprint density at radius 3 is 2.74 bits per heavy atom. The van der Waals surface area contributed by atoms with E-state index < -0.39 is 0 Å². The van der Waals surface area contributed by atoms with Gasteiger partial charge in [0.15, 0.2) is 0 Å². The van der Waals surface area contributed by atoms with Gasteiger partial charge in [-0.1, -0.05) is 12.8 Å². The van der Waals surface area contributed by atoms with Crippen molar-refractivity contribution in [2.24, 2.45) is 0 Å². The number of ether oxygens (including phenoxy) is 1. The van der Waals surface area contributed by atoms with Crippen LogP contribution in [0, 0.1) is 6.92 Å². The third-order valence-electron chi connectivity index (χ3n) is 4.96. The van der Waals surface area contributed by atoms with Crippen molar-refractivity contribution in [3.05, 3.63) is 15.6 Å². The summed E-state index contributed by atoms with van der Waals surface area (Å²) in [5.41, 5.74) is 0.837. The molecule has 2 aliphatic rings. The minimum absolute atomic E-state index is 0.149. The SMILES string of the molecule is COCc1nc(C)c(C(=O)N2CCCN(C3CCCC3)CC2)s1. The molecule has 128 valence electrons. The molecule has 6 heteroatoms. The molecule has 1 saturated heterocycles. The average molecular weight is 337 g/mol. The van der Waals surface area contributed by atoms with Gasteiger partial charge in [-0.3, -0.25) is 9.69 Å². The number of aromatic nitrogens is 1. The summed E-state index contributed by atoms with van der Waals surface area (Å²) < 4.78 is 5.13. The monoisotopic (exact) mass is 337 g/mol. The lowest BCUT2D eigenvalue weighted by Crippen LogP contribution is -2.38. The number of amides is 1. The minimum atomic E-state index is 0.149. The third kappa shape index (κ3) is 3.92. The van der Waals surface area contributed by atoms with E-state index in [1.165, 1.54) is 37.0 Å². The van der Waals surface area contributed by atoms with Crippen LogP contribution in [0.3, 0.4) is 0 Å². The highest BCUT2D eigenvalue weighted by Crippen LogP contribution is 2.25. The lowest BCUT2D eigenvalue weighted by Gasteiger charge is -2.27. The summed E-state index contributed by atoms with van der Waals surface area (Å²) in [6, 6.07) is 0.753. The molecule has 0 spiro atoms. The molecule has 1 amide bonds. The van der Waals surface area contributed by atoms with E-state index in [-0.39, 0.29) is 5.91 Å². The number of methoxy groups -OCH3 is 1. The second kappa shape index (κ2) is 7.73. The molecule has 3 rings (SSSR count). The predicted molar refractivity (Wildman–Crippen MR) is 91.9 cm³/mol. The zero-order valence-corrected chi connectivity index (χ0v) is 15.0. The van der Waals surface area contributed by atoms with E-state index >= 15 is 0 Å². The Morgan fingerprint density at radius 2 is 2.00 bits per heavy atom. The number of rotatable bonds is 4. The first-order chi connectivity index (χ1) is 11.2. The molecule has 1 aliphatic heterocycles. The summed E-state index contributed by atoms with van der Waals surface area (Å²) in [4.78, 5) is 22.7. The van der Waals surface area contributed by atoms with E-state index in [1.54, 1.807) is 7.11 Å². The number of aryl methyl sites for hydroxylation is 1. The molecule has 0 unspecified atom stereocenters. The molecule has 0 atom stereocenters. The van der Waals surface area contributed by atoms with Crippen LogP contribution in [0.4, 0.5) is 0 Å². The first kappa shape index (κ1) is 16.9. The molecule has 1 aromatic heterocycles. The second-order valence-corrected chi connectivity index (χ2v) is 7.66. The molecule has 1 aliphatic carbocycles. The summed E-state index contributed by atoms with van der Waals surface area (Å²) in [5, 5.41) is 0.885. The van der Waals surface area contributed by atoms with Gasteiger partial charge in [0.05, 0.1) is 12.3 Å². The van der Waals surface area contributed by atoms with Crippen molar-refractivity contribution < 1.29 is 9.53 Å². The lowest BCUT2D eigenvalue weighted by atomic mass is 10.2. The van der Waals surface area contributed by atoms with Crippen LogP contribution in [0.15, 0.2) is 0 Å². The van der Waals surface area contributed by atoms with Crippen molar-refractivity contribution in [2.75, 3.05) is 33.3 Å². The molecule has 0 aromatic carbocycles. The van der Waals surface area contributed by atoms with Gasteiger partial charge in [-0.25, -0.2) is 4.98 Å². The third-order valence-corrected chi connectivity index (χ3v) is 6.08. The van der Waals surface area contributed by atoms with Crippen LogP contribution in [0.5, 0.6) is 0 Å². The number of hydrogen-bond acceptors (Lipinski definition) is 5. The maximum absolute atomic E-state index is 12.9. The molecule has 0 N–H and O–H groups in total. The summed E-state index contributed by atoms with van der Waals surface area (Å²) in [6.07, 6.45) is 6.48. The van der Waals surface area contributed by atoms with E-state index in [0.29, 0.717) is 6.61 Å². The Balaban J connectivity index is 1.63. The van der Waals surface area contributed by atoms with Crippen LogP contribution < -0.4 is 0 Å². The Hall–Kier alpha value is -0.980. The van der Waals surface area contributed by atoms with Crippen molar-refractivity contribution in [1.29, 1.82) is 0 Å². The predicted octanol–water partition coefficient (Wildman–Crippen LogP) is 2.69. The van der Waals surface area contributed by atoms with Gasteiger partial charge in [-0.15, -0.1) is 11.3 Å². The second-order valence-electron chi connectivity index (χ2n) is 6.58. The highest BCUT2D eigenvalue weighted by atomic mass is 32.1. The topological polar surface area (TPSA) is 45.7 Å². The molecule has 2 heterocycles. The average Bonchev–Trinajstić information content (AvgIpc) is 3.12. The highest BCUT2D eigenvalue weighted by Gasteiger charge is 2.27. The molecule has 0 radical (unpaired) electrons. The largest absolute Gasteiger partial charge is 0.378 e. The summed E-state index contributed by atoms with van der Waals surface area (Å²) in [5.74, 6) is 0.149. The molecule has 1 aromatic rings. The normalized spacial score (nSPS) is 20.9. The maximum Gasteiger partial charge on any atom is 0.265 e. The van der Waals surface area contributed by atoms with Crippen LogP contribution >= 0.6 is 11.3 Å². The fourth-order valence-electron chi connectivity index (χ4n) is 3.75. The highest BCUT2D eigenvalue weighted by molar-refractivity contribution is 7.13. The van der Waals surface area contributed by atoms with E-state index in [0.717, 1.165) is 54.2 Å². The van der Waals surface area contributed by atoms with Gasteiger partial charge in [0.1, 0.15) is 9.88 Å². The van der Waals surface area contributed by atoms with Crippen LogP contribution in [-0.2, 0) is 11.3 Å². The van der Waals surface area contributed by atoms with Crippen LogP contribution in [-0.4, -0.2) is 60.0 Å². The van der Waals surface area contributed by atoms with Crippen molar-refractivity contribution in [3.63, 3.8) is 0 Å². The number of nitrogens with zero attached hydrogens (tertiary/aromatic N) is 3. The number of carbonyl (C=O) groups is 1. The summed E-state index contributed by atoms with van der Waals surface area (Å²) in [7, 11) is 1.66. The van der Waals surface area contributed by atoms with Crippen molar-refractivity contribution >= 4 is 17.2 Å². The van der Waals surface area contributed by atoms with Gasteiger partial charge in [0, 0.05) is 39.3 Å². The Bertz CT molecular complexity index is 540. The van der Waals surface area contributed by atoms with Gasteiger partial charge in [-0.05, 0) is 26.2 Å². The molecular weight excluding hydrogens is 310 g/mol. The molecule has 0 bridgehead atoms. The molecule has 2 fully saturated rings. The molecule has 1 saturated carbocycles. The smallest absolute Gasteiger partial charge is 0.265 e. The standard InChI is InChI=1S/C17H27N3O2S/c1-13-16(23-15(18-13)12-22-2)17(21)20-9-5-8-19(10-11-20)14-6-3-4-7-14/h14H,3-12H2,1-2H3. The zero-order chi connectivity index (χ0) is 16.2. The van der Waals surface area contributed by atoms with Crippen molar-refractivity contribution in [1.82, 2.24) is 14.8 Å². The van der Waals surface area contributed by atoms with Gasteiger partial charge in [0.2, 0.25) is 0 Å². The number of hydrogen-bond donors (Lipinski definition) is 0. The van der Waals surface area contributed by atoms with E-state index in [9.17, 15) is 4.79 Å². The summed E-state index contributed by atoms with van der Waals surface area (Å²) >= 11 is 1.48. The first-order valence-electron chi connectivity index (χ1n) is 8.67. The first-order valence-corrected chi connectivity index (χ1v) is 9.49. The van der Waals surface area contributed by atoms with Crippen LogP contribution in [0.1, 0.15) is 52.5 Å². The quantitative estimate of drug-likeness (QED) is 0.847. The summed E-state index contributed by atoms with van der Waals surface area (Å²) in [6.45, 7) is 6.25. The van der Waals surface area contributed by atoms with Crippen LogP contribution in [0.2, 0.25) is 0 Å². The van der Waals surface area contributed by atoms with E-state index in [2.05, 4.69) is 9.88 Å². The maximum atomic E-state index is 12.9. The zero-order valence-electron chi connectivity index (χ0n) is 14.2. The lowest BCUT2D eigenvalue weighted by molar-refractivity contribution is 0.0762. The van der Waals surface area contributed by atoms with Crippen molar-refractivity contribution in [2.45, 2.75) is 51.7 Å². The molecular formula is C17H27N3O2S. The molecule has 5 nitrogen and oxygen atoms in total. The molecule has 23 heavy (non-hydrogen) atoms. The van der Waals surface area contributed by atoms with Gasteiger partial charge < -0.3 is 9.64 Å². The Labute approximate surface area is 142 Å². The number of thiazole rings is 1. The fourth-order valence-corrected chi connectivity index (χ4v) is 4.76.